The monoisotopic (exact) mass is 244 g/mol. The van der Waals surface area contributed by atoms with Crippen molar-refractivity contribution < 1.29 is 0 Å². The zero-order valence-electron chi connectivity index (χ0n) is 11.0. The molecule has 4 heteroatoms. The van der Waals surface area contributed by atoms with Crippen LogP contribution < -0.4 is 0 Å². The minimum atomic E-state index is 0.999. The number of rotatable bonds is 3. The number of piperidine rings is 1. The Morgan fingerprint density at radius 1 is 1.17 bits per heavy atom. The van der Waals surface area contributed by atoms with Gasteiger partial charge in [0.1, 0.15) is 11.3 Å². The molecule has 96 valence electrons. The molecule has 0 radical (unpaired) electrons. The molecule has 0 amide bonds. The van der Waals surface area contributed by atoms with Crippen LogP contribution >= 0.6 is 0 Å². The van der Waals surface area contributed by atoms with Gasteiger partial charge in [-0.05, 0) is 45.0 Å². The number of nitrogens with zero attached hydrogens (tertiary/aromatic N) is 4. The van der Waals surface area contributed by atoms with Crippen LogP contribution in [0, 0.1) is 6.92 Å². The van der Waals surface area contributed by atoms with Gasteiger partial charge in [0.2, 0.25) is 0 Å². The Morgan fingerprint density at radius 3 is 2.83 bits per heavy atom. The number of hydrogen-bond acceptors (Lipinski definition) is 3. The van der Waals surface area contributed by atoms with Crippen LogP contribution in [-0.2, 0) is 6.54 Å². The number of imidazole rings is 1. The minimum Gasteiger partial charge on any atom is -0.312 e. The number of fused-ring (bicyclic) bond motifs is 1. The van der Waals surface area contributed by atoms with Gasteiger partial charge in [0.15, 0.2) is 5.65 Å². The number of pyridine rings is 1. The van der Waals surface area contributed by atoms with E-state index in [1.807, 2.05) is 18.3 Å². The number of likely N-dealkylation sites (tertiary alicyclic amines) is 1. The van der Waals surface area contributed by atoms with Crippen molar-refractivity contribution in [3.63, 3.8) is 0 Å². The van der Waals surface area contributed by atoms with Crippen molar-refractivity contribution >= 4 is 11.2 Å². The third kappa shape index (κ3) is 2.25. The van der Waals surface area contributed by atoms with E-state index in [4.69, 9.17) is 0 Å². The molecule has 3 rings (SSSR count). The van der Waals surface area contributed by atoms with Crippen LogP contribution in [0.4, 0.5) is 0 Å². The van der Waals surface area contributed by atoms with E-state index in [0.29, 0.717) is 0 Å². The first kappa shape index (κ1) is 11.7. The van der Waals surface area contributed by atoms with Crippen molar-refractivity contribution in [3.05, 3.63) is 24.2 Å². The molecule has 0 unspecified atom stereocenters. The fourth-order valence-electron chi connectivity index (χ4n) is 2.76. The highest BCUT2D eigenvalue weighted by Gasteiger charge is 2.12. The molecule has 0 N–H and O–H groups in total. The molecule has 0 atom stereocenters. The SMILES string of the molecule is Cc1nc2cccnc2n1CCN1CCCCC1. The molecule has 4 nitrogen and oxygen atoms in total. The van der Waals surface area contributed by atoms with Crippen LogP contribution in [0.5, 0.6) is 0 Å². The predicted octanol–water partition coefficient (Wildman–Crippen LogP) is 2.23. The Bertz CT molecular complexity index is 526. The van der Waals surface area contributed by atoms with E-state index >= 15 is 0 Å². The standard InChI is InChI=1S/C14H20N4/c1-12-16-13-6-5-7-15-14(13)18(12)11-10-17-8-3-2-4-9-17/h5-7H,2-4,8-11H2,1H3. The molecule has 2 aromatic heterocycles. The Hall–Kier alpha value is -1.42. The topological polar surface area (TPSA) is 34.0 Å². The molecular weight excluding hydrogens is 224 g/mol. The lowest BCUT2D eigenvalue weighted by atomic mass is 10.1. The van der Waals surface area contributed by atoms with Gasteiger partial charge in [-0.2, -0.15) is 0 Å². The number of aromatic nitrogens is 3. The Balaban J connectivity index is 1.75. The van der Waals surface area contributed by atoms with E-state index in [1.165, 1.54) is 32.4 Å². The Labute approximate surface area is 108 Å². The van der Waals surface area contributed by atoms with E-state index in [2.05, 4.69) is 26.4 Å². The summed E-state index contributed by atoms with van der Waals surface area (Å²) in [6.07, 6.45) is 5.94. The van der Waals surface area contributed by atoms with Crippen LogP contribution in [0.3, 0.4) is 0 Å². The maximum absolute atomic E-state index is 4.56. The van der Waals surface area contributed by atoms with Crippen LogP contribution in [-0.4, -0.2) is 39.1 Å². The molecule has 18 heavy (non-hydrogen) atoms. The number of hydrogen-bond donors (Lipinski definition) is 0. The highest BCUT2D eigenvalue weighted by atomic mass is 15.2. The summed E-state index contributed by atoms with van der Waals surface area (Å²) in [5.74, 6) is 1.07. The second-order valence-corrected chi connectivity index (χ2v) is 5.06. The van der Waals surface area contributed by atoms with Gasteiger partial charge in [-0.1, -0.05) is 6.42 Å². The van der Waals surface area contributed by atoms with Crippen LogP contribution in [0.2, 0.25) is 0 Å². The fourth-order valence-corrected chi connectivity index (χ4v) is 2.76. The zero-order valence-corrected chi connectivity index (χ0v) is 11.0. The predicted molar refractivity (Wildman–Crippen MR) is 72.6 cm³/mol. The third-order valence-corrected chi connectivity index (χ3v) is 3.78. The molecule has 0 bridgehead atoms. The number of aryl methyl sites for hydroxylation is 1. The summed E-state index contributed by atoms with van der Waals surface area (Å²) in [5.41, 5.74) is 2.03. The van der Waals surface area contributed by atoms with Gasteiger partial charge >= 0.3 is 0 Å². The lowest BCUT2D eigenvalue weighted by molar-refractivity contribution is 0.221. The van der Waals surface area contributed by atoms with Gasteiger partial charge in [-0.3, -0.25) is 0 Å². The highest BCUT2D eigenvalue weighted by Crippen LogP contribution is 2.14. The van der Waals surface area contributed by atoms with Gasteiger partial charge < -0.3 is 9.47 Å². The molecule has 0 saturated carbocycles. The summed E-state index contributed by atoms with van der Waals surface area (Å²) in [5, 5.41) is 0. The van der Waals surface area contributed by atoms with Gasteiger partial charge in [0, 0.05) is 19.3 Å². The first-order valence-electron chi connectivity index (χ1n) is 6.85. The van der Waals surface area contributed by atoms with Crippen molar-refractivity contribution in [3.8, 4) is 0 Å². The Morgan fingerprint density at radius 2 is 2.00 bits per heavy atom. The maximum Gasteiger partial charge on any atom is 0.160 e. The third-order valence-electron chi connectivity index (χ3n) is 3.78. The smallest absolute Gasteiger partial charge is 0.160 e. The van der Waals surface area contributed by atoms with Gasteiger partial charge in [0.05, 0.1) is 0 Å². The zero-order chi connectivity index (χ0) is 12.4. The molecule has 1 saturated heterocycles. The van der Waals surface area contributed by atoms with E-state index in [0.717, 1.165) is 30.1 Å². The molecule has 2 aromatic rings. The summed E-state index contributed by atoms with van der Waals surface area (Å²) in [4.78, 5) is 11.6. The van der Waals surface area contributed by atoms with E-state index in [9.17, 15) is 0 Å². The molecule has 1 fully saturated rings. The highest BCUT2D eigenvalue weighted by molar-refractivity contribution is 5.70. The van der Waals surface area contributed by atoms with E-state index in [1.54, 1.807) is 0 Å². The average molecular weight is 244 g/mol. The lowest BCUT2D eigenvalue weighted by Gasteiger charge is -2.26. The summed E-state index contributed by atoms with van der Waals surface area (Å²) in [7, 11) is 0. The molecular formula is C14H20N4. The quantitative estimate of drug-likeness (QED) is 0.830. The summed E-state index contributed by atoms with van der Waals surface area (Å²) >= 11 is 0. The molecule has 0 spiro atoms. The average Bonchev–Trinajstić information content (AvgIpc) is 2.73. The van der Waals surface area contributed by atoms with Crippen molar-refractivity contribution in [1.29, 1.82) is 0 Å². The van der Waals surface area contributed by atoms with Crippen LogP contribution in [0.1, 0.15) is 25.1 Å². The van der Waals surface area contributed by atoms with Crippen molar-refractivity contribution in [2.75, 3.05) is 19.6 Å². The van der Waals surface area contributed by atoms with Crippen molar-refractivity contribution in [2.45, 2.75) is 32.7 Å². The molecule has 0 aromatic carbocycles. The molecule has 3 heterocycles. The summed E-state index contributed by atoms with van der Waals surface area (Å²) in [6.45, 7) is 6.68. The fraction of sp³-hybridized carbons (Fsp3) is 0.571. The first-order chi connectivity index (χ1) is 8.84. The minimum absolute atomic E-state index is 0.999. The molecule has 0 aliphatic carbocycles. The largest absolute Gasteiger partial charge is 0.312 e. The van der Waals surface area contributed by atoms with Crippen molar-refractivity contribution in [1.82, 2.24) is 19.4 Å². The van der Waals surface area contributed by atoms with Crippen LogP contribution in [0.15, 0.2) is 18.3 Å². The second kappa shape index (κ2) is 5.06. The first-order valence-corrected chi connectivity index (χ1v) is 6.85. The summed E-state index contributed by atoms with van der Waals surface area (Å²) in [6, 6.07) is 3.98. The maximum atomic E-state index is 4.56. The Kier molecular flexibility index (Phi) is 3.28. The van der Waals surface area contributed by atoms with Crippen LogP contribution in [0.25, 0.3) is 11.2 Å². The molecule has 1 aliphatic heterocycles. The van der Waals surface area contributed by atoms with Gasteiger partial charge in [-0.25, -0.2) is 9.97 Å². The normalized spacial score (nSPS) is 17.4. The van der Waals surface area contributed by atoms with Gasteiger partial charge in [-0.15, -0.1) is 0 Å². The van der Waals surface area contributed by atoms with E-state index in [-0.39, 0.29) is 0 Å². The summed E-state index contributed by atoms with van der Waals surface area (Å²) < 4.78 is 2.24. The second-order valence-electron chi connectivity index (χ2n) is 5.06. The van der Waals surface area contributed by atoms with Gasteiger partial charge in [0.25, 0.3) is 0 Å². The lowest BCUT2D eigenvalue weighted by Crippen LogP contribution is -2.32. The van der Waals surface area contributed by atoms with E-state index < -0.39 is 0 Å². The molecule has 1 aliphatic rings. The van der Waals surface area contributed by atoms with Crippen molar-refractivity contribution in [2.24, 2.45) is 0 Å².